The monoisotopic (exact) mass is 361 g/mol. The maximum absolute atomic E-state index is 3.94. The van der Waals surface area contributed by atoms with Crippen LogP contribution in [0.25, 0.3) is 6.08 Å². The Morgan fingerprint density at radius 2 is 1.78 bits per heavy atom. The zero-order valence-electron chi connectivity index (χ0n) is 17.8. The van der Waals surface area contributed by atoms with Crippen LogP contribution >= 0.6 is 0 Å². The first-order valence-corrected chi connectivity index (χ1v) is 10.4. The van der Waals surface area contributed by atoms with E-state index in [1.165, 1.54) is 52.8 Å². The fourth-order valence-electron chi connectivity index (χ4n) is 3.85. The van der Waals surface area contributed by atoms with Crippen molar-refractivity contribution >= 4 is 11.8 Å². The van der Waals surface area contributed by atoms with Crippen molar-refractivity contribution < 1.29 is 0 Å². The second-order valence-electron chi connectivity index (χ2n) is 9.19. The minimum atomic E-state index is 0.182. The molecule has 1 heteroatoms. The molecule has 1 aliphatic carbocycles. The van der Waals surface area contributed by atoms with Crippen molar-refractivity contribution in [3.8, 4) is 0 Å². The molecule has 2 aromatic rings. The van der Waals surface area contributed by atoms with Gasteiger partial charge in [-0.3, -0.25) is 0 Å². The molecule has 1 saturated carbocycles. The predicted molar refractivity (Wildman–Crippen MR) is 120 cm³/mol. The van der Waals surface area contributed by atoms with Crippen molar-refractivity contribution in [2.24, 2.45) is 0 Å². The van der Waals surface area contributed by atoms with Crippen molar-refractivity contribution in [2.45, 2.75) is 71.3 Å². The van der Waals surface area contributed by atoms with E-state index in [9.17, 15) is 0 Å². The zero-order valence-corrected chi connectivity index (χ0v) is 17.8. The molecule has 0 N–H and O–H groups in total. The molecule has 1 aliphatic rings. The molecule has 0 heterocycles. The summed E-state index contributed by atoms with van der Waals surface area (Å²) in [6.45, 7) is 14.1. The number of rotatable bonds is 7. The standard InChI is InChI=1S/C26H35N/c1-7-9-20-14-21(16-23(15-20)26(3,4)5)18-27(6)25-13-10-19(8-2)17-24(25)22-11-12-22/h8,10,13-17,22H,2,7,9,11-12,18H2,1,3-6H3. The lowest BCUT2D eigenvalue weighted by Crippen LogP contribution is -2.19. The molecule has 1 nitrogen and oxygen atoms in total. The first-order chi connectivity index (χ1) is 12.8. The van der Waals surface area contributed by atoms with Gasteiger partial charge >= 0.3 is 0 Å². The number of nitrogens with zero attached hydrogens (tertiary/aromatic N) is 1. The molecule has 0 saturated heterocycles. The summed E-state index contributed by atoms with van der Waals surface area (Å²) in [5, 5.41) is 0. The summed E-state index contributed by atoms with van der Waals surface area (Å²) in [5.74, 6) is 0.735. The average Bonchev–Trinajstić information content (AvgIpc) is 3.45. The van der Waals surface area contributed by atoms with E-state index in [2.05, 4.69) is 82.6 Å². The van der Waals surface area contributed by atoms with Crippen molar-refractivity contribution in [1.29, 1.82) is 0 Å². The van der Waals surface area contributed by atoms with Gasteiger partial charge in [0.15, 0.2) is 0 Å². The largest absolute Gasteiger partial charge is 0.370 e. The van der Waals surface area contributed by atoms with E-state index in [1.807, 2.05) is 6.08 Å². The summed E-state index contributed by atoms with van der Waals surface area (Å²) in [6.07, 6.45) is 6.95. The Labute approximate surface area is 166 Å². The maximum atomic E-state index is 3.94. The minimum Gasteiger partial charge on any atom is -0.370 e. The van der Waals surface area contributed by atoms with Gasteiger partial charge in [-0.15, -0.1) is 0 Å². The number of hydrogen-bond acceptors (Lipinski definition) is 1. The molecule has 2 aromatic carbocycles. The van der Waals surface area contributed by atoms with Crippen LogP contribution in [-0.2, 0) is 18.4 Å². The Balaban J connectivity index is 1.90. The Kier molecular flexibility index (Phi) is 5.79. The Bertz CT molecular complexity index is 805. The second kappa shape index (κ2) is 7.92. The predicted octanol–water partition coefficient (Wildman–Crippen LogP) is 7.09. The summed E-state index contributed by atoms with van der Waals surface area (Å²) in [7, 11) is 2.23. The van der Waals surface area contributed by atoms with E-state index in [-0.39, 0.29) is 5.41 Å². The van der Waals surface area contributed by atoms with Crippen LogP contribution in [0.3, 0.4) is 0 Å². The first kappa shape index (κ1) is 19.7. The van der Waals surface area contributed by atoms with Gasteiger partial charge in [0, 0.05) is 19.3 Å². The van der Waals surface area contributed by atoms with Crippen molar-refractivity contribution in [2.75, 3.05) is 11.9 Å². The van der Waals surface area contributed by atoms with Gasteiger partial charge in [-0.1, -0.05) is 71.0 Å². The number of aryl methyl sites for hydroxylation is 1. The Morgan fingerprint density at radius 3 is 2.37 bits per heavy atom. The van der Waals surface area contributed by atoms with Crippen molar-refractivity contribution in [3.05, 3.63) is 70.8 Å². The fraction of sp³-hybridized carbons (Fsp3) is 0.462. The molecule has 0 amide bonds. The van der Waals surface area contributed by atoms with E-state index in [0.717, 1.165) is 18.9 Å². The molecule has 0 spiro atoms. The van der Waals surface area contributed by atoms with Crippen LogP contribution in [0.4, 0.5) is 5.69 Å². The third-order valence-electron chi connectivity index (χ3n) is 5.59. The van der Waals surface area contributed by atoms with Gasteiger partial charge in [0.1, 0.15) is 0 Å². The molecule has 1 fully saturated rings. The van der Waals surface area contributed by atoms with Gasteiger partial charge in [-0.25, -0.2) is 0 Å². The molecule has 3 rings (SSSR count). The molecular weight excluding hydrogens is 326 g/mol. The van der Waals surface area contributed by atoms with Gasteiger partial charge in [0.05, 0.1) is 0 Å². The van der Waals surface area contributed by atoms with E-state index in [1.54, 1.807) is 0 Å². The van der Waals surface area contributed by atoms with Gasteiger partial charge < -0.3 is 4.90 Å². The van der Waals surface area contributed by atoms with Crippen LogP contribution in [0, 0.1) is 0 Å². The lowest BCUT2D eigenvalue weighted by atomic mass is 9.84. The van der Waals surface area contributed by atoms with Gasteiger partial charge in [-0.2, -0.15) is 0 Å². The lowest BCUT2D eigenvalue weighted by Gasteiger charge is -2.26. The quantitative estimate of drug-likeness (QED) is 0.508. The van der Waals surface area contributed by atoms with Crippen molar-refractivity contribution in [3.63, 3.8) is 0 Å². The topological polar surface area (TPSA) is 3.24 Å². The fourth-order valence-corrected chi connectivity index (χ4v) is 3.85. The van der Waals surface area contributed by atoms with Crippen molar-refractivity contribution in [1.82, 2.24) is 0 Å². The highest BCUT2D eigenvalue weighted by atomic mass is 15.1. The Hall–Kier alpha value is -2.02. The average molecular weight is 362 g/mol. The highest BCUT2D eigenvalue weighted by molar-refractivity contribution is 5.62. The normalized spacial score (nSPS) is 14.3. The third kappa shape index (κ3) is 4.83. The second-order valence-corrected chi connectivity index (χ2v) is 9.19. The smallest absolute Gasteiger partial charge is 0.0426 e. The molecule has 0 aromatic heterocycles. The van der Waals surface area contributed by atoms with Crippen LogP contribution < -0.4 is 4.90 Å². The summed E-state index contributed by atoms with van der Waals surface area (Å²) in [6, 6.07) is 14.0. The van der Waals surface area contributed by atoms with E-state index in [4.69, 9.17) is 0 Å². The molecule has 0 aliphatic heterocycles. The van der Waals surface area contributed by atoms with E-state index >= 15 is 0 Å². The van der Waals surface area contributed by atoms with Crippen LogP contribution in [0.1, 0.15) is 80.7 Å². The molecule has 144 valence electrons. The van der Waals surface area contributed by atoms with Crippen LogP contribution in [0.2, 0.25) is 0 Å². The SMILES string of the molecule is C=Cc1ccc(N(C)Cc2cc(CCC)cc(C(C)(C)C)c2)c(C2CC2)c1. The molecule has 0 bridgehead atoms. The summed E-state index contributed by atoms with van der Waals surface area (Å²) >= 11 is 0. The van der Waals surface area contributed by atoms with Crippen LogP contribution in [0.5, 0.6) is 0 Å². The molecular formula is C26H35N. The van der Waals surface area contributed by atoms with Gasteiger partial charge in [0.2, 0.25) is 0 Å². The van der Waals surface area contributed by atoms with Gasteiger partial charge in [0.25, 0.3) is 0 Å². The molecule has 0 atom stereocenters. The van der Waals surface area contributed by atoms with E-state index < -0.39 is 0 Å². The number of hydrogen-bond donors (Lipinski definition) is 0. The zero-order chi connectivity index (χ0) is 19.6. The summed E-state index contributed by atoms with van der Waals surface area (Å²) in [4.78, 5) is 2.43. The summed E-state index contributed by atoms with van der Waals surface area (Å²) < 4.78 is 0. The van der Waals surface area contributed by atoms with Crippen LogP contribution in [-0.4, -0.2) is 7.05 Å². The van der Waals surface area contributed by atoms with Crippen LogP contribution in [0.15, 0.2) is 43.0 Å². The van der Waals surface area contributed by atoms with E-state index in [0.29, 0.717) is 0 Å². The maximum Gasteiger partial charge on any atom is 0.0426 e. The molecule has 0 radical (unpaired) electrons. The summed E-state index contributed by atoms with van der Waals surface area (Å²) in [5.41, 5.74) is 8.62. The first-order valence-electron chi connectivity index (χ1n) is 10.4. The minimum absolute atomic E-state index is 0.182. The third-order valence-corrected chi connectivity index (χ3v) is 5.59. The number of benzene rings is 2. The lowest BCUT2D eigenvalue weighted by molar-refractivity contribution is 0.588. The molecule has 0 unspecified atom stereocenters. The number of anilines is 1. The van der Waals surface area contributed by atoms with Gasteiger partial charge in [-0.05, 0) is 70.5 Å². The highest BCUT2D eigenvalue weighted by Crippen LogP contribution is 2.45. The highest BCUT2D eigenvalue weighted by Gasteiger charge is 2.27. The molecule has 27 heavy (non-hydrogen) atoms. The Morgan fingerprint density at radius 1 is 1.07 bits per heavy atom.